The first kappa shape index (κ1) is 11.7. The summed E-state index contributed by atoms with van der Waals surface area (Å²) < 4.78 is 3.88. The van der Waals surface area contributed by atoms with E-state index in [2.05, 4.69) is 22.0 Å². The van der Waals surface area contributed by atoms with E-state index in [1.165, 1.54) is 0 Å². The summed E-state index contributed by atoms with van der Waals surface area (Å²) in [5.41, 5.74) is 6.31. The molecular weight excluding hydrogens is 216 g/mol. The van der Waals surface area contributed by atoms with Gasteiger partial charge >= 0.3 is 0 Å². The Bertz CT molecular complexity index is 472. The van der Waals surface area contributed by atoms with Gasteiger partial charge in [-0.25, -0.2) is 4.98 Å². The average molecular weight is 234 g/mol. The number of nitrogen functional groups attached to an aromatic ring is 1. The standard InChI is InChI=1S/C11H18N6/c1-15(9-11-13-3-4-16(11)2)5-6-17-8-10(12)7-14-17/h3-4,7-8H,5-6,9,12H2,1-2H3. The molecule has 6 heteroatoms. The molecular formula is C11H18N6. The lowest BCUT2D eigenvalue weighted by atomic mass is 10.5. The molecule has 0 saturated heterocycles. The molecule has 0 amide bonds. The van der Waals surface area contributed by atoms with Gasteiger partial charge in [-0.1, -0.05) is 0 Å². The van der Waals surface area contributed by atoms with Crippen LogP contribution in [0.3, 0.4) is 0 Å². The number of rotatable bonds is 5. The van der Waals surface area contributed by atoms with Crippen LogP contribution in [0, 0.1) is 0 Å². The molecule has 0 saturated carbocycles. The van der Waals surface area contributed by atoms with Crippen LogP contribution < -0.4 is 5.73 Å². The highest BCUT2D eigenvalue weighted by Crippen LogP contribution is 2.01. The number of anilines is 1. The van der Waals surface area contributed by atoms with Crippen molar-refractivity contribution in [1.29, 1.82) is 0 Å². The normalized spacial score (nSPS) is 11.2. The van der Waals surface area contributed by atoms with E-state index in [1.54, 1.807) is 6.20 Å². The predicted molar refractivity (Wildman–Crippen MR) is 66.2 cm³/mol. The van der Waals surface area contributed by atoms with Gasteiger partial charge in [0.15, 0.2) is 0 Å². The molecule has 92 valence electrons. The Hall–Kier alpha value is -1.82. The quantitative estimate of drug-likeness (QED) is 0.809. The number of nitrogens with two attached hydrogens (primary N) is 1. The van der Waals surface area contributed by atoms with Gasteiger partial charge in [0.2, 0.25) is 0 Å². The minimum atomic E-state index is 0.705. The van der Waals surface area contributed by atoms with E-state index < -0.39 is 0 Å². The van der Waals surface area contributed by atoms with E-state index in [4.69, 9.17) is 5.73 Å². The molecule has 2 rings (SSSR count). The summed E-state index contributed by atoms with van der Waals surface area (Å²) in [5, 5.41) is 4.15. The van der Waals surface area contributed by atoms with Crippen molar-refractivity contribution in [2.75, 3.05) is 19.3 Å². The molecule has 6 nitrogen and oxygen atoms in total. The minimum Gasteiger partial charge on any atom is -0.396 e. The Balaban J connectivity index is 1.82. The molecule has 2 heterocycles. The maximum atomic E-state index is 5.60. The topological polar surface area (TPSA) is 64.9 Å². The number of likely N-dealkylation sites (N-methyl/N-ethyl adjacent to an activating group) is 1. The highest BCUT2D eigenvalue weighted by molar-refractivity contribution is 5.30. The second kappa shape index (κ2) is 5.01. The van der Waals surface area contributed by atoms with Gasteiger partial charge in [-0.15, -0.1) is 0 Å². The molecule has 0 aliphatic rings. The van der Waals surface area contributed by atoms with Gasteiger partial charge in [0.05, 0.1) is 25.0 Å². The second-order valence-corrected chi connectivity index (χ2v) is 4.23. The van der Waals surface area contributed by atoms with E-state index in [0.29, 0.717) is 5.69 Å². The number of nitrogens with zero attached hydrogens (tertiary/aromatic N) is 5. The number of aromatic nitrogens is 4. The second-order valence-electron chi connectivity index (χ2n) is 4.23. The number of imidazole rings is 1. The number of aryl methyl sites for hydroxylation is 1. The fraction of sp³-hybridized carbons (Fsp3) is 0.455. The van der Waals surface area contributed by atoms with Crippen molar-refractivity contribution >= 4 is 5.69 Å². The molecule has 2 aromatic rings. The molecule has 0 radical (unpaired) electrons. The van der Waals surface area contributed by atoms with Gasteiger partial charge in [0, 0.05) is 32.2 Å². The molecule has 0 aliphatic heterocycles. The summed E-state index contributed by atoms with van der Waals surface area (Å²) in [5.74, 6) is 1.06. The van der Waals surface area contributed by atoms with E-state index in [9.17, 15) is 0 Å². The fourth-order valence-corrected chi connectivity index (χ4v) is 1.64. The molecule has 0 atom stereocenters. The van der Waals surface area contributed by atoms with Crippen molar-refractivity contribution in [1.82, 2.24) is 24.2 Å². The first-order valence-electron chi connectivity index (χ1n) is 5.58. The summed E-state index contributed by atoms with van der Waals surface area (Å²) in [7, 11) is 4.08. The molecule has 17 heavy (non-hydrogen) atoms. The van der Waals surface area contributed by atoms with Gasteiger partial charge in [0.1, 0.15) is 5.82 Å². The van der Waals surface area contributed by atoms with Crippen LogP contribution in [-0.2, 0) is 20.1 Å². The zero-order chi connectivity index (χ0) is 12.3. The van der Waals surface area contributed by atoms with Crippen LogP contribution in [0.1, 0.15) is 5.82 Å². The monoisotopic (exact) mass is 234 g/mol. The highest BCUT2D eigenvalue weighted by atomic mass is 15.3. The van der Waals surface area contributed by atoms with Crippen LogP contribution in [0.15, 0.2) is 24.8 Å². The largest absolute Gasteiger partial charge is 0.396 e. The fourth-order valence-electron chi connectivity index (χ4n) is 1.64. The smallest absolute Gasteiger partial charge is 0.122 e. The Labute approximate surface area is 101 Å². The first-order chi connectivity index (χ1) is 8.15. The van der Waals surface area contributed by atoms with E-state index in [1.807, 2.05) is 34.9 Å². The van der Waals surface area contributed by atoms with Crippen LogP contribution in [0.4, 0.5) is 5.69 Å². The SMILES string of the molecule is CN(CCn1cc(N)cn1)Cc1nccn1C. The minimum absolute atomic E-state index is 0.705. The third kappa shape index (κ3) is 3.07. The summed E-state index contributed by atoms with van der Waals surface area (Å²) in [4.78, 5) is 6.50. The number of hydrogen-bond acceptors (Lipinski definition) is 4. The molecule has 0 spiro atoms. The maximum absolute atomic E-state index is 5.60. The summed E-state index contributed by atoms with van der Waals surface area (Å²) in [6.45, 7) is 2.58. The van der Waals surface area contributed by atoms with Gasteiger partial charge < -0.3 is 10.3 Å². The van der Waals surface area contributed by atoms with Crippen LogP contribution >= 0.6 is 0 Å². The maximum Gasteiger partial charge on any atom is 0.122 e. The Morgan fingerprint density at radius 2 is 2.29 bits per heavy atom. The van der Waals surface area contributed by atoms with E-state index in [-0.39, 0.29) is 0 Å². The molecule has 0 unspecified atom stereocenters. The third-order valence-corrected chi connectivity index (χ3v) is 2.70. The number of hydrogen-bond donors (Lipinski definition) is 1. The van der Waals surface area contributed by atoms with Crippen molar-refractivity contribution in [3.63, 3.8) is 0 Å². The van der Waals surface area contributed by atoms with Gasteiger partial charge in [-0.05, 0) is 7.05 Å². The van der Waals surface area contributed by atoms with Crippen LogP contribution in [0.5, 0.6) is 0 Å². The third-order valence-electron chi connectivity index (χ3n) is 2.70. The Morgan fingerprint density at radius 1 is 1.47 bits per heavy atom. The Kier molecular flexibility index (Phi) is 3.43. The lowest BCUT2D eigenvalue weighted by Crippen LogP contribution is -2.24. The van der Waals surface area contributed by atoms with Crippen molar-refractivity contribution < 1.29 is 0 Å². The lowest BCUT2D eigenvalue weighted by Gasteiger charge is -2.16. The summed E-state index contributed by atoms with van der Waals surface area (Å²) >= 11 is 0. The molecule has 0 fully saturated rings. The predicted octanol–water partition coefficient (Wildman–Crippen LogP) is 0.331. The molecule has 2 N–H and O–H groups in total. The first-order valence-corrected chi connectivity index (χ1v) is 5.58. The molecule has 0 aliphatic carbocycles. The van der Waals surface area contributed by atoms with Crippen LogP contribution in [0.2, 0.25) is 0 Å². The van der Waals surface area contributed by atoms with Crippen molar-refractivity contribution in [3.8, 4) is 0 Å². The molecule has 2 aromatic heterocycles. The molecule has 0 aromatic carbocycles. The van der Waals surface area contributed by atoms with E-state index >= 15 is 0 Å². The van der Waals surface area contributed by atoms with Crippen LogP contribution in [-0.4, -0.2) is 37.8 Å². The zero-order valence-electron chi connectivity index (χ0n) is 10.2. The van der Waals surface area contributed by atoms with Gasteiger partial charge in [0.25, 0.3) is 0 Å². The summed E-state index contributed by atoms with van der Waals surface area (Å²) in [6, 6.07) is 0. The highest BCUT2D eigenvalue weighted by Gasteiger charge is 2.04. The Morgan fingerprint density at radius 3 is 2.88 bits per heavy atom. The van der Waals surface area contributed by atoms with Gasteiger partial charge in [-0.3, -0.25) is 9.58 Å². The van der Waals surface area contributed by atoms with Gasteiger partial charge in [-0.2, -0.15) is 5.10 Å². The molecule has 0 bridgehead atoms. The average Bonchev–Trinajstić information content (AvgIpc) is 2.86. The van der Waals surface area contributed by atoms with Crippen molar-refractivity contribution in [3.05, 3.63) is 30.6 Å². The lowest BCUT2D eigenvalue weighted by molar-refractivity contribution is 0.295. The van der Waals surface area contributed by atoms with Crippen molar-refractivity contribution in [2.24, 2.45) is 7.05 Å². The van der Waals surface area contributed by atoms with Crippen LogP contribution in [0.25, 0.3) is 0 Å². The summed E-state index contributed by atoms with van der Waals surface area (Å²) in [6.07, 6.45) is 7.28. The van der Waals surface area contributed by atoms with E-state index in [0.717, 1.165) is 25.5 Å². The zero-order valence-corrected chi connectivity index (χ0v) is 10.2. The van der Waals surface area contributed by atoms with Crippen molar-refractivity contribution in [2.45, 2.75) is 13.1 Å².